The first kappa shape index (κ1) is 18.4. The lowest BCUT2D eigenvalue weighted by molar-refractivity contribution is -0.870. The van der Waals surface area contributed by atoms with Crippen molar-refractivity contribution in [3.63, 3.8) is 0 Å². The number of nitrogens with zero attached hydrogens (tertiary/aromatic N) is 1. The molecule has 0 aliphatic rings. The normalized spacial score (nSPS) is 11.2. The monoisotopic (exact) mass is 395 g/mol. The van der Waals surface area contributed by atoms with Crippen molar-refractivity contribution in [2.75, 3.05) is 34.3 Å². The van der Waals surface area contributed by atoms with Gasteiger partial charge in [-0.1, -0.05) is 23.7 Å². The van der Waals surface area contributed by atoms with Crippen LogP contribution in [0.25, 0.3) is 6.08 Å². The molecule has 0 saturated heterocycles. The van der Waals surface area contributed by atoms with Crippen LogP contribution < -0.4 is 24.0 Å². The summed E-state index contributed by atoms with van der Waals surface area (Å²) in [5.41, 5.74) is 0.919. The highest BCUT2D eigenvalue weighted by molar-refractivity contribution is 6.30. The Hall–Kier alpha value is -0.590. The van der Waals surface area contributed by atoms with Crippen molar-refractivity contribution < 1.29 is 38.0 Å². The zero-order chi connectivity index (χ0) is 13.6. The standard InChI is InChI=1S/C14H19ClNO2.HI/c1-16(2,3)10-11-18-14(17)9-6-12-4-7-13(15)8-5-12;/h4-9H,10-11H2,1-3H3;1H/q+1;/p-1/b9-6+;. The fourth-order valence-electron chi connectivity index (χ4n) is 1.21. The van der Waals surface area contributed by atoms with Crippen LogP contribution in [0.1, 0.15) is 5.56 Å². The summed E-state index contributed by atoms with van der Waals surface area (Å²) < 4.78 is 5.87. The van der Waals surface area contributed by atoms with Crippen molar-refractivity contribution in [2.45, 2.75) is 0 Å². The van der Waals surface area contributed by atoms with Gasteiger partial charge in [0.2, 0.25) is 0 Å². The van der Waals surface area contributed by atoms with Gasteiger partial charge in [-0.25, -0.2) is 4.79 Å². The van der Waals surface area contributed by atoms with Gasteiger partial charge in [-0.2, -0.15) is 0 Å². The molecule has 0 heterocycles. The highest BCUT2D eigenvalue weighted by Crippen LogP contribution is 2.10. The van der Waals surface area contributed by atoms with Crippen LogP contribution in [0.4, 0.5) is 0 Å². The molecule has 1 aromatic carbocycles. The van der Waals surface area contributed by atoms with Gasteiger partial charge in [0.15, 0.2) is 0 Å². The smallest absolute Gasteiger partial charge is 0.330 e. The summed E-state index contributed by atoms with van der Waals surface area (Å²) in [6.07, 6.45) is 3.14. The zero-order valence-corrected chi connectivity index (χ0v) is 14.3. The van der Waals surface area contributed by atoms with Crippen molar-refractivity contribution in [2.24, 2.45) is 0 Å². The fraction of sp³-hybridized carbons (Fsp3) is 0.357. The van der Waals surface area contributed by atoms with Gasteiger partial charge in [0.25, 0.3) is 0 Å². The van der Waals surface area contributed by atoms with Crippen molar-refractivity contribution in [3.05, 3.63) is 40.9 Å². The number of benzene rings is 1. The molecular formula is C14H19ClINO2. The molecule has 0 aromatic heterocycles. The van der Waals surface area contributed by atoms with Crippen molar-refractivity contribution in [1.82, 2.24) is 0 Å². The summed E-state index contributed by atoms with van der Waals surface area (Å²) >= 11 is 5.77. The van der Waals surface area contributed by atoms with E-state index in [-0.39, 0.29) is 29.9 Å². The van der Waals surface area contributed by atoms with E-state index in [1.807, 2.05) is 12.1 Å². The van der Waals surface area contributed by atoms with Crippen LogP contribution in [0, 0.1) is 0 Å². The molecule has 0 saturated carbocycles. The summed E-state index contributed by atoms with van der Waals surface area (Å²) in [6.45, 7) is 1.22. The molecule has 0 aliphatic carbocycles. The average molecular weight is 396 g/mol. The van der Waals surface area contributed by atoms with Crippen molar-refractivity contribution in [3.8, 4) is 0 Å². The molecule has 0 atom stereocenters. The van der Waals surface area contributed by atoms with E-state index in [0.717, 1.165) is 16.6 Å². The van der Waals surface area contributed by atoms with E-state index in [4.69, 9.17) is 16.3 Å². The van der Waals surface area contributed by atoms with Crippen LogP contribution in [0.15, 0.2) is 30.3 Å². The maximum atomic E-state index is 11.4. The maximum absolute atomic E-state index is 11.4. The molecule has 106 valence electrons. The van der Waals surface area contributed by atoms with Gasteiger partial charge >= 0.3 is 5.97 Å². The lowest BCUT2D eigenvalue weighted by atomic mass is 10.2. The highest BCUT2D eigenvalue weighted by atomic mass is 127. The van der Waals surface area contributed by atoms with E-state index in [1.165, 1.54) is 6.08 Å². The van der Waals surface area contributed by atoms with Crippen LogP contribution in [-0.2, 0) is 9.53 Å². The Kier molecular flexibility index (Phi) is 8.29. The number of esters is 1. The van der Waals surface area contributed by atoms with Gasteiger partial charge in [-0.15, -0.1) is 0 Å². The summed E-state index contributed by atoms with van der Waals surface area (Å²) in [4.78, 5) is 11.4. The Labute approximate surface area is 136 Å². The first-order chi connectivity index (χ1) is 8.37. The minimum Gasteiger partial charge on any atom is -1.00 e. The van der Waals surface area contributed by atoms with E-state index in [2.05, 4.69) is 21.1 Å². The first-order valence-electron chi connectivity index (χ1n) is 5.78. The van der Waals surface area contributed by atoms with Crippen LogP contribution >= 0.6 is 11.6 Å². The number of halogens is 2. The van der Waals surface area contributed by atoms with E-state index in [0.29, 0.717) is 11.6 Å². The molecule has 0 unspecified atom stereocenters. The third-order valence-electron chi connectivity index (χ3n) is 2.29. The van der Waals surface area contributed by atoms with Crippen LogP contribution in [-0.4, -0.2) is 44.7 Å². The number of ether oxygens (including phenoxy) is 1. The number of carbonyl (C=O) groups is 1. The summed E-state index contributed by atoms with van der Waals surface area (Å²) in [6, 6.07) is 7.25. The first-order valence-corrected chi connectivity index (χ1v) is 6.15. The lowest BCUT2D eigenvalue weighted by Crippen LogP contribution is -3.00. The van der Waals surface area contributed by atoms with Gasteiger partial charge in [-0.3, -0.25) is 0 Å². The molecule has 0 N–H and O–H groups in total. The van der Waals surface area contributed by atoms with Gasteiger partial charge in [0.1, 0.15) is 13.2 Å². The SMILES string of the molecule is C[N+](C)(C)CCOC(=O)/C=C/c1ccc(Cl)cc1.[I-]. The van der Waals surface area contributed by atoms with Crippen LogP contribution in [0.3, 0.4) is 0 Å². The summed E-state index contributed by atoms with van der Waals surface area (Å²) in [5, 5.41) is 0.678. The molecule has 0 fully saturated rings. The highest BCUT2D eigenvalue weighted by Gasteiger charge is 2.07. The average Bonchev–Trinajstić information content (AvgIpc) is 2.26. The van der Waals surface area contributed by atoms with Crippen LogP contribution in [0.2, 0.25) is 5.02 Å². The molecule has 0 spiro atoms. The topological polar surface area (TPSA) is 26.3 Å². The molecule has 3 nitrogen and oxygen atoms in total. The molecule has 0 bridgehead atoms. The second kappa shape index (κ2) is 8.55. The second-order valence-corrected chi connectivity index (χ2v) is 5.50. The maximum Gasteiger partial charge on any atom is 0.330 e. The number of quaternary nitrogens is 1. The Morgan fingerprint density at radius 2 is 1.84 bits per heavy atom. The molecule has 0 amide bonds. The zero-order valence-electron chi connectivity index (χ0n) is 11.4. The largest absolute Gasteiger partial charge is 1.00 e. The Bertz CT molecular complexity index is 424. The number of rotatable bonds is 5. The molecular weight excluding hydrogens is 377 g/mol. The van der Waals surface area contributed by atoms with Crippen molar-refractivity contribution >= 4 is 23.6 Å². The van der Waals surface area contributed by atoms with Crippen LogP contribution in [0.5, 0.6) is 0 Å². The molecule has 1 aromatic rings. The number of hydrogen-bond donors (Lipinski definition) is 0. The van der Waals surface area contributed by atoms with Crippen molar-refractivity contribution in [1.29, 1.82) is 0 Å². The predicted molar refractivity (Wildman–Crippen MR) is 74.3 cm³/mol. The number of likely N-dealkylation sites (N-methyl/N-ethyl adjacent to an activating group) is 1. The molecule has 5 heteroatoms. The lowest BCUT2D eigenvalue weighted by Gasteiger charge is -2.23. The van der Waals surface area contributed by atoms with E-state index in [1.54, 1.807) is 18.2 Å². The molecule has 0 radical (unpaired) electrons. The predicted octanol–water partition coefficient (Wildman–Crippen LogP) is -0.393. The minimum absolute atomic E-state index is 0. The molecule has 0 aliphatic heterocycles. The van der Waals surface area contributed by atoms with Gasteiger partial charge < -0.3 is 33.2 Å². The third kappa shape index (κ3) is 9.02. The quantitative estimate of drug-likeness (QED) is 0.294. The van der Waals surface area contributed by atoms with Gasteiger partial charge in [0.05, 0.1) is 21.1 Å². The Morgan fingerprint density at radius 1 is 1.26 bits per heavy atom. The number of carbonyl (C=O) groups excluding carboxylic acids is 1. The van der Waals surface area contributed by atoms with E-state index < -0.39 is 0 Å². The second-order valence-electron chi connectivity index (χ2n) is 5.07. The van der Waals surface area contributed by atoms with Gasteiger partial charge in [0, 0.05) is 11.1 Å². The van der Waals surface area contributed by atoms with Gasteiger partial charge in [-0.05, 0) is 23.8 Å². The Morgan fingerprint density at radius 3 is 2.37 bits per heavy atom. The third-order valence-corrected chi connectivity index (χ3v) is 2.54. The number of hydrogen-bond acceptors (Lipinski definition) is 2. The molecule has 1 rings (SSSR count). The Balaban J connectivity index is 0.00000324. The van der Waals surface area contributed by atoms with E-state index in [9.17, 15) is 4.79 Å². The van der Waals surface area contributed by atoms with E-state index >= 15 is 0 Å². The molecule has 19 heavy (non-hydrogen) atoms. The summed E-state index contributed by atoms with van der Waals surface area (Å²) in [7, 11) is 6.16. The summed E-state index contributed by atoms with van der Waals surface area (Å²) in [5.74, 6) is -0.321. The fourth-order valence-corrected chi connectivity index (χ4v) is 1.33. The minimum atomic E-state index is -0.321.